The summed E-state index contributed by atoms with van der Waals surface area (Å²) in [6.45, 7) is 3.89. The van der Waals surface area contributed by atoms with Crippen LogP contribution < -0.4 is 10.1 Å². The first kappa shape index (κ1) is 14.1. The van der Waals surface area contributed by atoms with Gasteiger partial charge in [-0.3, -0.25) is 4.79 Å². The third-order valence-corrected chi connectivity index (χ3v) is 3.44. The van der Waals surface area contributed by atoms with Gasteiger partial charge < -0.3 is 14.5 Å². The smallest absolute Gasteiger partial charge is 0.257 e. The SMILES string of the molecule is COc1ccc(C)cc1NC(=O)c1ccc2nc(C)cn2c1. The van der Waals surface area contributed by atoms with Crippen LogP contribution in [0.25, 0.3) is 5.65 Å². The molecule has 0 aliphatic heterocycles. The van der Waals surface area contributed by atoms with Crippen molar-refractivity contribution in [3.05, 3.63) is 59.5 Å². The van der Waals surface area contributed by atoms with E-state index < -0.39 is 0 Å². The lowest BCUT2D eigenvalue weighted by atomic mass is 10.2. The summed E-state index contributed by atoms with van der Waals surface area (Å²) in [6.07, 6.45) is 3.66. The maximum atomic E-state index is 12.4. The second kappa shape index (κ2) is 5.52. The van der Waals surface area contributed by atoms with E-state index in [1.807, 2.05) is 48.7 Å². The molecule has 2 aromatic heterocycles. The van der Waals surface area contributed by atoms with Gasteiger partial charge in [0.05, 0.1) is 24.1 Å². The van der Waals surface area contributed by atoms with E-state index >= 15 is 0 Å². The molecule has 3 rings (SSSR count). The van der Waals surface area contributed by atoms with E-state index in [-0.39, 0.29) is 5.91 Å². The zero-order chi connectivity index (χ0) is 15.7. The zero-order valence-electron chi connectivity index (χ0n) is 12.8. The quantitative estimate of drug-likeness (QED) is 0.807. The molecule has 0 saturated heterocycles. The molecule has 0 aliphatic carbocycles. The molecule has 1 N–H and O–H groups in total. The molecule has 2 heterocycles. The number of pyridine rings is 1. The Hall–Kier alpha value is -2.82. The Bertz CT molecular complexity index is 852. The summed E-state index contributed by atoms with van der Waals surface area (Å²) in [5.74, 6) is 0.454. The van der Waals surface area contributed by atoms with Gasteiger partial charge in [-0.15, -0.1) is 0 Å². The molecule has 5 nitrogen and oxygen atoms in total. The predicted octanol–water partition coefficient (Wildman–Crippen LogP) is 3.21. The molecule has 0 atom stereocenters. The van der Waals surface area contributed by atoms with Crippen molar-refractivity contribution in [1.29, 1.82) is 0 Å². The summed E-state index contributed by atoms with van der Waals surface area (Å²) in [7, 11) is 1.58. The minimum atomic E-state index is -0.183. The molecule has 0 bridgehead atoms. The molecule has 0 unspecified atom stereocenters. The molecule has 0 aliphatic rings. The minimum Gasteiger partial charge on any atom is -0.495 e. The van der Waals surface area contributed by atoms with Crippen molar-refractivity contribution in [3.63, 3.8) is 0 Å². The molecule has 3 aromatic rings. The van der Waals surface area contributed by atoms with Crippen molar-refractivity contribution < 1.29 is 9.53 Å². The van der Waals surface area contributed by atoms with E-state index in [1.165, 1.54) is 0 Å². The molecule has 0 saturated carbocycles. The standard InChI is InChI=1S/C17H17N3O2/c1-11-4-6-15(22-3)14(8-11)19-17(21)13-5-7-16-18-12(2)9-20(16)10-13/h4-10H,1-3H3,(H,19,21). The normalized spacial score (nSPS) is 10.7. The maximum absolute atomic E-state index is 12.4. The highest BCUT2D eigenvalue weighted by Gasteiger charge is 2.11. The average Bonchev–Trinajstić information content (AvgIpc) is 2.86. The van der Waals surface area contributed by atoms with Crippen molar-refractivity contribution in [2.45, 2.75) is 13.8 Å². The number of nitrogens with one attached hydrogen (secondary N) is 1. The fourth-order valence-electron chi connectivity index (χ4n) is 2.37. The molecule has 22 heavy (non-hydrogen) atoms. The summed E-state index contributed by atoms with van der Waals surface area (Å²) in [4.78, 5) is 16.8. The van der Waals surface area contributed by atoms with Crippen LogP contribution in [0.15, 0.2) is 42.7 Å². The Labute approximate surface area is 128 Å². The van der Waals surface area contributed by atoms with Crippen LogP contribution in [0.1, 0.15) is 21.6 Å². The summed E-state index contributed by atoms with van der Waals surface area (Å²) in [5.41, 5.74) is 4.01. The van der Waals surface area contributed by atoms with Gasteiger partial charge >= 0.3 is 0 Å². The van der Waals surface area contributed by atoms with Crippen LogP contribution in [0.5, 0.6) is 5.75 Å². The second-order valence-electron chi connectivity index (χ2n) is 5.22. The molecule has 112 valence electrons. The molecule has 5 heteroatoms. The van der Waals surface area contributed by atoms with Crippen LogP contribution in [-0.2, 0) is 0 Å². The summed E-state index contributed by atoms with van der Waals surface area (Å²) in [5, 5.41) is 2.89. The van der Waals surface area contributed by atoms with Gasteiger partial charge in [0.1, 0.15) is 11.4 Å². The number of aromatic nitrogens is 2. The van der Waals surface area contributed by atoms with Gasteiger partial charge in [-0.05, 0) is 43.7 Å². The number of anilines is 1. The summed E-state index contributed by atoms with van der Waals surface area (Å²) < 4.78 is 7.13. The monoisotopic (exact) mass is 295 g/mol. The van der Waals surface area contributed by atoms with Crippen LogP contribution >= 0.6 is 0 Å². The number of hydrogen-bond donors (Lipinski definition) is 1. The van der Waals surface area contributed by atoms with E-state index in [9.17, 15) is 4.79 Å². The Balaban J connectivity index is 1.91. The number of imidazole rings is 1. The van der Waals surface area contributed by atoms with Gasteiger partial charge in [-0.2, -0.15) is 0 Å². The van der Waals surface area contributed by atoms with Crippen LogP contribution in [0.2, 0.25) is 0 Å². The topological polar surface area (TPSA) is 55.6 Å². The van der Waals surface area contributed by atoms with Crippen LogP contribution in [0.3, 0.4) is 0 Å². The van der Waals surface area contributed by atoms with Crippen molar-refractivity contribution in [1.82, 2.24) is 9.38 Å². The first-order valence-electron chi connectivity index (χ1n) is 6.98. The summed E-state index contributed by atoms with van der Waals surface area (Å²) >= 11 is 0. The van der Waals surface area contributed by atoms with Crippen molar-refractivity contribution in [3.8, 4) is 5.75 Å². The maximum Gasteiger partial charge on any atom is 0.257 e. The van der Waals surface area contributed by atoms with Gasteiger partial charge in [0, 0.05) is 12.4 Å². The van der Waals surface area contributed by atoms with Gasteiger partial charge in [0.2, 0.25) is 0 Å². The highest BCUT2D eigenvalue weighted by Crippen LogP contribution is 2.25. The Kier molecular flexibility index (Phi) is 3.55. The van der Waals surface area contributed by atoms with Crippen LogP contribution in [-0.4, -0.2) is 22.4 Å². The number of carbonyl (C=O) groups excluding carboxylic acids is 1. The van der Waals surface area contributed by atoms with E-state index in [0.717, 1.165) is 16.9 Å². The third-order valence-electron chi connectivity index (χ3n) is 3.44. The van der Waals surface area contributed by atoms with E-state index in [0.29, 0.717) is 17.0 Å². The number of hydrogen-bond acceptors (Lipinski definition) is 3. The van der Waals surface area contributed by atoms with Crippen molar-refractivity contribution in [2.24, 2.45) is 0 Å². The molecular weight excluding hydrogens is 278 g/mol. The third kappa shape index (κ3) is 2.65. The highest BCUT2D eigenvalue weighted by molar-refractivity contribution is 6.05. The number of amides is 1. The lowest BCUT2D eigenvalue weighted by Gasteiger charge is -2.11. The molecule has 0 radical (unpaired) electrons. The Morgan fingerprint density at radius 3 is 2.77 bits per heavy atom. The fraction of sp³-hybridized carbons (Fsp3) is 0.176. The van der Waals surface area contributed by atoms with Gasteiger partial charge in [-0.1, -0.05) is 6.07 Å². The van der Waals surface area contributed by atoms with E-state index in [1.54, 1.807) is 19.4 Å². The largest absolute Gasteiger partial charge is 0.495 e. The zero-order valence-corrected chi connectivity index (χ0v) is 12.8. The number of ether oxygens (including phenoxy) is 1. The Morgan fingerprint density at radius 1 is 1.18 bits per heavy atom. The van der Waals surface area contributed by atoms with E-state index in [2.05, 4.69) is 10.3 Å². The molecule has 0 spiro atoms. The van der Waals surface area contributed by atoms with Gasteiger partial charge in [0.25, 0.3) is 5.91 Å². The molecule has 0 fully saturated rings. The lowest BCUT2D eigenvalue weighted by molar-refractivity contribution is 0.102. The first-order chi connectivity index (χ1) is 10.6. The number of rotatable bonds is 3. The number of fused-ring (bicyclic) bond motifs is 1. The highest BCUT2D eigenvalue weighted by atomic mass is 16.5. The predicted molar refractivity (Wildman–Crippen MR) is 85.6 cm³/mol. The van der Waals surface area contributed by atoms with Crippen LogP contribution in [0.4, 0.5) is 5.69 Å². The number of aryl methyl sites for hydroxylation is 2. The number of nitrogens with zero attached hydrogens (tertiary/aromatic N) is 2. The number of benzene rings is 1. The van der Waals surface area contributed by atoms with E-state index in [4.69, 9.17) is 4.74 Å². The molecule has 1 aromatic carbocycles. The van der Waals surface area contributed by atoms with Gasteiger partial charge in [0.15, 0.2) is 0 Å². The minimum absolute atomic E-state index is 0.183. The fourth-order valence-corrected chi connectivity index (χ4v) is 2.37. The van der Waals surface area contributed by atoms with Crippen molar-refractivity contribution >= 4 is 17.2 Å². The molecular formula is C17H17N3O2. The molecule has 1 amide bonds. The first-order valence-corrected chi connectivity index (χ1v) is 6.98. The lowest BCUT2D eigenvalue weighted by Crippen LogP contribution is -2.13. The summed E-state index contributed by atoms with van der Waals surface area (Å²) in [6, 6.07) is 9.26. The van der Waals surface area contributed by atoms with Crippen molar-refractivity contribution in [2.75, 3.05) is 12.4 Å². The van der Waals surface area contributed by atoms with Crippen LogP contribution in [0, 0.1) is 13.8 Å². The number of carbonyl (C=O) groups is 1. The average molecular weight is 295 g/mol. The Morgan fingerprint density at radius 2 is 2.00 bits per heavy atom. The van der Waals surface area contributed by atoms with Gasteiger partial charge in [-0.25, -0.2) is 4.98 Å². The second-order valence-corrected chi connectivity index (χ2v) is 5.22. The number of methoxy groups -OCH3 is 1.